The summed E-state index contributed by atoms with van der Waals surface area (Å²) >= 11 is 0. The van der Waals surface area contributed by atoms with Crippen LogP contribution in [0.1, 0.15) is 25.7 Å². The first-order valence-electron chi connectivity index (χ1n) is 11.9. The van der Waals surface area contributed by atoms with Gasteiger partial charge in [0, 0.05) is 49.7 Å². The second-order valence-electron chi connectivity index (χ2n) is 8.53. The molecule has 0 atom stereocenters. The molecule has 0 bridgehead atoms. The van der Waals surface area contributed by atoms with Crippen molar-refractivity contribution in [3.8, 4) is 11.5 Å². The highest BCUT2D eigenvalue weighted by molar-refractivity contribution is 5.87. The summed E-state index contributed by atoms with van der Waals surface area (Å²) in [5.41, 5.74) is 0.723. The summed E-state index contributed by atoms with van der Waals surface area (Å²) in [6.07, 6.45) is 5.48. The molecule has 3 aromatic rings. The molecule has 10 heteroatoms. The maximum Gasteiger partial charge on any atom is 0.420 e. The molecule has 0 saturated carbocycles. The maximum atomic E-state index is 13.4. The molecule has 0 spiro atoms. The van der Waals surface area contributed by atoms with Gasteiger partial charge in [-0.25, -0.2) is 18.6 Å². The van der Waals surface area contributed by atoms with E-state index in [2.05, 4.69) is 20.2 Å². The van der Waals surface area contributed by atoms with E-state index in [1.807, 2.05) is 24.3 Å². The highest BCUT2D eigenvalue weighted by Gasteiger charge is 2.17. The van der Waals surface area contributed by atoms with Gasteiger partial charge in [-0.15, -0.1) is 0 Å². The van der Waals surface area contributed by atoms with Gasteiger partial charge in [0.1, 0.15) is 29.0 Å². The summed E-state index contributed by atoms with van der Waals surface area (Å²) in [5.74, 6) is -0.711. The van der Waals surface area contributed by atoms with Crippen LogP contribution >= 0.6 is 0 Å². The third-order valence-electron chi connectivity index (χ3n) is 5.73. The van der Waals surface area contributed by atoms with Crippen molar-refractivity contribution in [2.45, 2.75) is 25.7 Å². The van der Waals surface area contributed by atoms with Crippen molar-refractivity contribution in [3.63, 3.8) is 0 Å². The molecule has 190 valence electrons. The van der Waals surface area contributed by atoms with Crippen molar-refractivity contribution >= 4 is 23.5 Å². The van der Waals surface area contributed by atoms with E-state index >= 15 is 0 Å². The van der Waals surface area contributed by atoms with Crippen molar-refractivity contribution in [2.75, 3.05) is 43.5 Å². The van der Waals surface area contributed by atoms with Crippen LogP contribution in [-0.2, 0) is 0 Å². The van der Waals surface area contributed by atoms with Crippen LogP contribution in [-0.4, -0.2) is 54.2 Å². The van der Waals surface area contributed by atoms with Crippen LogP contribution in [0.2, 0.25) is 0 Å². The van der Waals surface area contributed by atoms with Crippen LogP contribution in [0.15, 0.2) is 54.7 Å². The zero-order valence-corrected chi connectivity index (χ0v) is 20.1. The Bertz CT molecular complexity index is 1150. The number of ether oxygens (including phenoxy) is 2. The number of rotatable bonds is 9. The van der Waals surface area contributed by atoms with Crippen LogP contribution in [0.3, 0.4) is 0 Å². The van der Waals surface area contributed by atoms with E-state index in [4.69, 9.17) is 9.47 Å². The van der Waals surface area contributed by atoms with Crippen LogP contribution in [0.25, 0.3) is 0 Å². The Morgan fingerprint density at radius 2 is 1.83 bits per heavy atom. The Labute approximate surface area is 208 Å². The molecule has 1 aliphatic heterocycles. The summed E-state index contributed by atoms with van der Waals surface area (Å²) in [4.78, 5) is 24.6. The molecule has 0 aliphatic carbocycles. The zero-order valence-electron chi connectivity index (χ0n) is 20.1. The smallest absolute Gasteiger partial charge is 0.420 e. The predicted octanol–water partition coefficient (Wildman–Crippen LogP) is 5.39. The number of likely N-dealkylation sites (tertiary alicyclic amines) is 1. The second kappa shape index (κ2) is 12.3. The third-order valence-corrected chi connectivity index (χ3v) is 5.73. The summed E-state index contributed by atoms with van der Waals surface area (Å²) in [6.45, 7) is 4.03. The number of anilines is 3. The lowest BCUT2D eigenvalue weighted by molar-refractivity contribution is 0.205. The van der Waals surface area contributed by atoms with E-state index in [0.717, 1.165) is 41.4 Å². The van der Waals surface area contributed by atoms with Gasteiger partial charge >= 0.3 is 6.09 Å². The van der Waals surface area contributed by atoms with Gasteiger partial charge in [-0.2, -0.15) is 4.98 Å². The van der Waals surface area contributed by atoms with Crippen molar-refractivity contribution in [1.29, 1.82) is 0 Å². The third kappa shape index (κ3) is 7.35. The highest BCUT2D eigenvalue weighted by Crippen LogP contribution is 2.22. The number of hydrogen-bond donors (Lipinski definition) is 1. The number of benzene rings is 2. The number of nitrogens with one attached hydrogen (secondary N) is 1. The van der Waals surface area contributed by atoms with Gasteiger partial charge in [-0.3, -0.25) is 4.90 Å². The van der Waals surface area contributed by atoms with E-state index < -0.39 is 17.7 Å². The van der Waals surface area contributed by atoms with Crippen LogP contribution < -0.4 is 19.7 Å². The first-order chi connectivity index (χ1) is 17.5. The number of aromatic nitrogens is 2. The molecule has 0 radical (unpaired) electrons. The Morgan fingerprint density at radius 3 is 2.61 bits per heavy atom. The average Bonchev–Trinajstić information content (AvgIpc) is 2.86. The molecule has 36 heavy (non-hydrogen) atoms. The van der Waals surface area contributed by atoms with Crippen molar-refractivity contribution in [1.82, 2.24) is 14.9 Å². The summed E-state index contributed by atoms with van der Waals surface area (Å²) in [6, 6.07) is 11.5. The number of hydrogen-bond acceptors (Lipinski definition) is 7. The minimum absolute atomic E-state index is 0.236. The van der Waals surface area contributed by atoms with Gasteiger partial charge in [-0.05, 0) is 50.6 Å². The van der Waals surface area contributed by atoms with Crippen LogP contribution in [0.5, 0.6) is 11.5 Å². The van der Waals surface area contributed by atoms with E-state index in [1.165, 1.54) is 51.7 Å². The first kappa shape index (κ1) is 25.3. The molecule has 1 fully saturated rings. The number of piperidine rings is 1. The number of carbonyl (C=O) groups excluding carboxylic acids is 1. The van der Waals surface area contributed by atoms with Crippen molar-refractivity contribution in [2.24, 2.45) is 0 Å². The quantitative estimate of drug-likeness (QED) is 0.397. The van der Waals surface area contributed by atoms with Gasteiger partial charge < -0.3 is 19.7 Å². The topological polar surface area (TPSA) is 79.8 Å². The fourth-order valence-electron chi connectivity index (χ4n) is 3.90. The molecule has 2 heterocycles. The fourth-order valence-corrected chi connectivity index (χ4v) is 3.90. The largest absolute Gasteiger partial charge is 0.493 e. The van der Waals surface area contributed by atoms with Gasteiger partial charge in [-0.1, -0.05) is 12.5 Å². The molecule has 1 saturated heterocycles. The second-order valence-corrected chi connectivity index (χ2v) is 8.53. The van der Waals surface area contributed by atoms with E-state index in [-0.39, 0.29) is 17.5 Å². The lowest BCUT2D eigenvalue weighted by Gasteiger charge is -2.26. The molecular weight excluding hydrogens is 468 g/mol. The predicted molar refractivity (Wildman–Crippen MR) is 133 cm³/mol. The van der Waals surface area contributed by atoms with E-state index in [0.29, 0.717) is 12.7 Å². The highest BCUT2D eigenvalue weighted by atomic mass is 19.1. The molecule has 1 N–H and O–H groups in total. The molecule has 4 rings (SSSR count). The lowest BCUT2D eigenvalue weighted by Crippen LogP contribution is -2.31. The summed E-state index contributed by atoms with van der Waals surface area (Å²) in [5, 5.41) is 3.10. The first-order valence-corrected chi connectivity index (χ1v) is 11.9. The molecule has 0 unspecified atom stereocenters. The maximum absolute atomic E-state index is 13.4. The summed E-state index contributed by atoms with van der Waals surface area (Å²) in [7, 11) is 1.43. The van der Waals surface area contributed by atoms with E-state index in [1.54, 1.807) is 0 Å². The van der Waals surface area contributed by atoms with Crippen molar-refractivity contribution in [3.05, 3.63) is 66.4 Å². The Kier molecular flexibility index (Phi) is 8.62. The van der Waals surface area contributed by atoms with Gasteiger partial charge in [0.25, 0.3) is 0 Å². The minimum Gasteiger partial charge on any atom is -0.493 e. The molecule has 1 amide bonds. The number of nitrogens with zero attached hydrogens (tertiary/aromatic N) is 4. The number of amides is 1. The van der Waals surface area contributed by atoms with E-state index in [9.17, 15) is 13.6 Å². The standard InChI is InChI=1S/C26H29F2N5O3/c1-32(26(34)36-23-16-19(27)15-20(28)17-23)24-9-10-29-25(31-24)30-21-7-5-8-22(18-21)35-14-6-13-33-11-3-2-4-12-33/h5,7-10,15-18H,2-4,6,11-14H2,1H3,(H,29,30,31). The Hall–Kier alpha value is -3.79. The average molecular weight is 498 g/mol. The molecule has 1 aromatic heterocycles. The van der Waals surface area contributed by atoms with Gasteiger partial charge in [0.15, 0.2) is 0 Å². The van der Waals surface area contributed by atoms with Crippen LogP contribution in [0.4, 0.5) is 31.0 Å². The Morgan fingerprint density at radius 1 is 1.06 bits per heavy atom. The van der Waals surface area contributed by atoms with Crippen molar-refractivity contribution < 1.29 is 23.0 Å². The van der Waals surface area contributed by atoms with Gasteiger partial charge in [0.05, 0.1) is 6.61 Å². The molecular formula is C26H29F2N5O3. The SMILES string of the molecule is CN(C(=O)Oc1cc(F)cc(F)c1)c1ccnc(Nc2cccc(OCCCN3CCCCC3)c2)n1. The minimum atomic E-state index is -0.857. The zero-order chi connectivity index (χ0) is 25.3. The number of halogens is 2. The molecule has 8 nitrogen and oxygen atoms in total. The molecule has 1 aliphatic rings. The number of carbonyl (C=O) groups is 1. The molecule has 2 aromatic carbocycles. The normalized spacial score (nSPS) is 13.8. The van der Waals surface area contributed by atoms with Crippen LogP contribution in [0, 0.1) is 11.6 Å². The van der Waals surface area contributed by atoms with Gasteiger partial charge in [0.2, 0.25) is 5.95 Å². The summed E-state index contributed by atoms with van der Waals surface area (Å²) < 4.78 is 37.7. The lowest BCUT2D eigenvalue weighted by atomic mass is 10.1. The Balaban J connectivity index is 1.32. The fraction of sp³-hybridized carbons (Fsp3) is 0.346. The monoisotopic (exact) mass is 497 g/mol.